The van der Waals surface area contributed by atoms with Gasteiger partial charge in [0.15, 0.2) is 11.5 Å². The lowest BCUT2D eigenvalue weighted by atomic mass is 10.1. The first-order chi connectivity index (χ1) is 15.5. The van der Waals surface area contributed by atoms with E-state index < -0.39 is 6.04 Å². The van der Waals surface area contributed by atoms with E-state index >= 15 is 0 Å². The van der Waals surface area contributed by atoms with Gasteiger partial charge in [-0.2, -0.15) is 0 Å². The molecule has 8 heteroatoms. The molecule has 2 N–H and O–H groups in total. The monoisotopic (exact) mass is 423 g/mol. The van der Waals surface area contributed by atoms with E-state index in [4.69, 9.17) is 4.98 Å². The molecular formula is C24H21N7O. The van der Waals surface area contributed by atoms with Crippen molar-refractivity contribution in [1.82, 2.24) is 29.5 Å². The molecule has 1 unspecified atom stereocenters. The van der Waals surface area contributed by atoms with Crippen LogP contribution in [0.25, 0.3) is 27.8 Å². The summed E-state index contributed by atoms with van der Waals surface area (Å²) in [6.45, 7) is 7.99. The van der Waals surface area contributed by atoms with E-state index in [-0.39, 0.29) is 5.56 Å². The van der Waals surface area contributed by atoms with Crippen LogP contribution >= 0.6 is 0 Å². The van der Waals surface area contributed by atoms with Gasteiger partial charge in [-0.1, -0.05) is 42.5 Å². The van der Waals surface area contributed by atoms with Crippen molar-refractivity contribution < 1.29 is 0 Å². The first kappa shape index (κ1) is 19.6. The molecule has 0 radical (unpaired) electrons. The number of imidazole rings is 1. The molecule has 0 amide bonds. The number of rotatable bonds is 5. The zero-order valence-electron chi connectivity index (χ0n) is 17.7. The van der Waals surface area contributed by atoms with Crippen molar-refractivity contribution in [2.24, 2.45) is 0 Å². The number of nitrogens with one attached hydrogen (secondary N) is 2. The highest BCUT2D eigenvalue weighted by Crippen LogP contribution is 2.28. The SMILES string of the molecule is C=C(C)C(Nc1ncnc2nc[nH]c12)c1nc2cccc(C)c2c(=O)n1-c1ccccc1. The number of aromatic nitrogens is 6. The lowest BCUT2D eigenvalue weighted by Crippen LogP contribution is -2.29. The molecule has 2 aromatic carbocycles. The maximum atomic E-state index is 13.7. The number of anilines is 1. The number of H-pyrrole nitrogens is 1. The van der Waals surface area contributed by atoms with E-state index in [0.717, 1.165) is 16.8 Å². The van der Waals surface area contributed by atoms with Crippen molar-refractivity contribution >= 4 is 27.9 Å². The number of hydrogen-bond acceptors (Lipinski definition) is 6. The third kappa shape index (κ3) is 3.22. The van der Waals surface area contributed by atoms with Gasteiger partial charge in [0.2, 0.25) is 0 Å². The number of benzene rings is 2. The summed E-state index contributed by atoms with van der Waals surface area (Å²) in [5.74, 6) is 1.08. The fourth-order valence-electron chi connectivity index (χ4n) is 3.85. The van der Waals surface area contributed by atoms with E-state index in [1.165, 1.54) is 6.33 Å². The minimum Gasteiger partial charge on any atom is -0.355 e. The van der Waals surface area contributed by atoms with Gasteiger partial charge in [0.05, 0.1) is 22.9 Å². The van der Waals surface area contributed by atoms with E-state index in [1.807, 2.05) is 62.4 Å². The van der Waals surface area contributed by atoms with Gasteiger partial charge >= 0.3 is 0 Å². The Morgan fingerprint density at radius 1 is 1.09 bits per heavy atom. The Bertz CT molecular complexity index is 1520. The van der Waals surface area contributed by atoms with Gasteiger partial charge in [0, 0.05) is 0 Å². The van der Waals surface area contributed by atoms with Crippen LogP contribution in [0, 0.1) is 6.92 Å². The zero-order valence-corrected chi connectivity index (χ0v) is 17.7. The van der Waals surface area contributed by atoms with E-state index in [0.29, 0.717) is 33.7 Å². The topological polar surface area (TPSA) is 101 Å². The van der Waals surface area contributed by atoms with Gasteiger partial charge in [0.25, 0.3) is 5.56 Å². The second-order valence-electron chi connectivity index (χ2n) is 7.66. The van der Waals surface area contributed by atoms with E-state index in [9.17, 15) is 4.79 Å². The predicted octanol–water partition coefficient (Wildman–Crippen LogP) is 4.09. The standard InChI is InChI=1S/C24H21N7O/c1-14(2)19(30-22-20-21(26-12-25-20)27-13-28-22)23-29-17-11-7-8-15(3)18(17)24(32)31(23)16-9-5-4-6-10-16/h4-13,19H,1H2,2-3H3,(H2,25,26,27,28,30). The number of nitrogens with zero attached hydrogens (tertiary/aromatic N) is 5. The zero-order chi connectivity index (χ0) is 22.2. The van der Waals surface area contributed by atoms with Crippen LogP contribution < -0.4 is 10.9 Å². The van der Waals surface area contributed by atoms with E-state index in [1.54, 1.807) is 10.9 Å². The first-order valence-corrected chi connectivity index (χ1v) is 10.2. The molecule has 0 spiro atoms. The fraction of sp³-hybridized carbons (Fsp3) is 0.125. The maximum absolute atomic E-state index is 13.7. The molecule has 3 aromatic heterocycles. The summed E-state index contributed by atoms with van der Waals surface area (Å²) in [4.78, 5) is 34.5. The van der Waals surface area contributed by atoms with Crippen LogP contribution in [0.15, 0.2) is 78.1 Å². The van der Waals surface area contributed by atoms with Gasteiger partial charge in [-0.3, -0.25) is 9.36 Å². The molecule has 0 aliphatic heterocycles. The van der Waals surface area contributed by atoms with Crippen molar-refractivity contribution in [3.05, 3.63) is 95.1 Å². The van der Waals surface area contributed by atoms with Crippen LogP contribution in [0.5, 0.6) is 0 Å². The molecule has 158 valence electrons. The number of fused-ring (bicyclic) bond motifs is 2. The Hall–Kier alpha value is -4.33. The van der Waals surface area contributed by atoms with Crippen molar-refractivity contribution in [2.45, 2.75) is 19.9 Å². The average Bonchev–Trinajstić information content (AvgIpc) is 3.27. The molecule has 0 saturated heterocycles. The van der Waals surface area contributed by atoms with Crippen LogP contribution in [0.2, 0.25) is 0 Å². The van der Waals surface area contributed by atoms with Gasteiger partial charge < -0.3 is 10.3 Å². The molecule has 0 bridgehead atoms. The van der Waals surface area contributed by atoms with Gasteiger partial charge in [-0.05, 0) is 37.6 Å². The summed E-state index contributed by atoms with van der Waals surface area (Å²) in [6.07, 6.45) is 3.01. The Morgan fingerprint density at radius 3 is 2.69 bits per heavy atom. The summed E-state index contributed by atoms with van der Waals surface area (Å²) >= 11 is 0. The molecule has 0 aliphatic rings. The Morgan fingerprint density at radius 2 is 1.91 bits per heavy atom. The Balaban J connectivity index is 1.78. The predicted molar refractivity (Wildman–Crippen MR) is 125 cm³/mol. The highest BCUT2D eigenvalue weighted by atomic mass is 16.1. The molecule has 0 fully saturated rings. The molecule has 5 rings (SSSR count). The summed E-state index contributed by atoms with van der Waals surface area (Å²) in [6, 6.07) is 14.7. The third-order valence-corrected chi connectivity index (χ3v) is 5.40. The highest BCUT2D eigenvalue weighted by molar-refractivity contribution is 5.83. The normalized spacial score (nSPS) is 12.2. The molecule has 3 heterocycles. The molecule has 1 atom stereocenters. The minimum atomic E-state index is -0.491. The molecule has 32 heavy (non-hydrogen) atoms. The van der Waals surface area contributed by atoms with Crippen molar-refractivity contribution in [3.63, 3.8) is 0 Å². The number of para-hydroxylation sites is 1. The van der Waals surface area contributed by atoms with Crippen LogP contribution in [-0.4, -0.2) is 29.5 Å². The van der Waals surface area contributed by atoms with Crippen LogP contribution in [0.1, 0.15) is 24.4 Å². The van der Waals surface area contributed by atoms with Gasteiger partial charge in [-0.25, -0.2) is 19.9 Å². The maximum Gasteiger partial charge on any atom is 0.266 e. The quantitative estimate of drug-likeness (QED) is 0.413. The number of hydrogen-bond donors (Lipinski definition) is 2. The molecule has 8 nitrogen and oxygen atoms in total. The summed E-state index contributed by atoms with van der Waals surface area (Å²) in [7, 11) is 0. The Kier molecular flexibility index (Phi) is 4.74. The Labute approximate surface area is 183 Å². The van der Waals surface area contributed by atoms with Gasteiger partial charge in [-0.15, -0.1) is 0 Å². The second kappa shape index (κ2) is 7.73. The lowest BCUT2D eigenvalue weighted by molar-refractivity contribution is 0.751. The van der Waals surface area contributed by atoms with Crippen molar-refractivity contribution in [2.75, 3.05) is 5.32 Å². The fourth-order valence-corrected chi connectivity index (χ4v) is 3.85. The van der Waals surface area contributed by atoms with Crippen molar-refractivity contribution in [1.29, 1.82) is 0 Å². The lowest BCUT2D eigenvalue weighted by Gasteiger charge is -2.23. The minimum absolute atomic E-state index is 0.128. The number of aromatic amines is 1. The average molecular weight is 423 g/mol. The van der Waals surface area contributed by atoms with Crippen LogP contribution in [-0.2, 0) is 0 Å². The van der Waals surface area contributed by atoms with E-state index in [2.05, 4.69) is 31.8 Å². The summed E-state index contributed by atoms with van der Waals surface area (Å²) in [5.41, 5.74) is 4.12. The third-order valence-electron chi connectivity index (χ3n) is 5.40. The second-order valence-corrected chi connectivity index (χ2v) is 7.66. The summed E-state index contributed by atoms with van der Waals surface area (Å²) in [5, 5.41) is 3.99. The van der Waals surface area contributed by atoms with Crippen molar-refractivity contribution in [3.8, 4) is 5.69 Å². The van der Waals surface area contributed by atoms with Crippen LogP contribution in [0.3, 0.4) is 0 Å². The van der Waals surface area contributed by atoms with Gasteiger partial charge in [0.1, 0.15) is 23.7 Å². The largest absolute Gasteiger partial charge is 0.355 e. The highest BCUT2D eigenvalue weighted by Gasteiger charge is 2.24. The molecule has 0 saturated carbocycles. The summed E-state index contributed by atoms with van der Waals surface area (Å²) < 4.78 is 1.65. The first-order valence-electron chi connectivity index (χ1n) is 10.2. The smallest absolute Gasteiger partial charge is 0.266 e. The molecule has 5 aromatic rings. The molecular weight excluding hydrogens is 402 g/mol. The number of aryl methyl sites for hydroxylation is 1. The van der Waals surface area contributed by atoms with Crippen LogP contribution in [0.4, 0.5) is 5.82 Å². The molecule has 0 aliphatic carbocycles.